The van der Waals surface area contributed by atoms with Crippen molar-refractivity contribution >= 4 is 46.8 Å². The minimum atomic E-state index is 0.437. The first-order chi connectivity index (χ1) is 11.6. The molecule has 2 heterocycles. The maximum Gasteiger partial charge on any atom is 0.131 e. The van der Waals surface area contributed by atoms with E-state index in [1.54, 1.807) is 11.9 Å². The first-order valence-electron chi connectivity index (χ1n) is 7.81. The summed E-state index contributed by atoms with van der Waals surface area (Å²) >= 11 is 19.5. The number of hydrogen-bond donors (Lipinski definition) is 0. The van der Waals surface area contributed by atoms with E-state index in [2.05, 4.69) is 26.3 Å². The second-order valence-electron chi connectivity index (χ2n) is 5.69. The fourth-order valence-electron chi connectivity index (χ4n) is 2.63. The topological polar surface area (TPSA) is 19.4 Å². The van der Waals surface area contributed by atoms with Gasteiger partial charge < -0.3 is 4.90 Å². The smallest absolute Gasteiger partial charge is 0.131 e. The summed E-state index contributed by atoms with van der Waals surface area (Å²) in [6.45, 7) is 5.24. The Balaban J connectivity index is 1.44. The van der Waals surface area contributed by atoms with Gasteiger partial charge in [-0.05, 0) is 48.2 Å². The summed E-state index contributed by atoms with van der Waals surface area (Å²) in [5, 5.41) is 1.67. The molecule has 0 saturated carbocycles. The van der Waals surface area contributed by atoms with Crippen LogP contribution in [-0.2, 0) is 6.42 Å². The van der Waals surface area contributed by atoms with Crippen molar-refractivity contribution in [3.05, 3.63) is 57.3 Å². The maximum atomic E-state index is 5.96. The highest BCUT2D eigenvalue weighted by molar-refractivity contribution is 7.97. The van der Waals surface area contributed by atoms with Gasteiger partial charge in [-0.1, -0.05) is 46.9 Å². The normalized spacial score (nSPS) is 16.5. The molecular weight excluding hydrogens is 385 g/mol. The summed E-state index contributed by atoms with van der Waals surface area (Å²) < 4.78 is 2.35. The average Bonchev–Trinajstić information content (AvgIpc) is 2.55. The van der Waals surface area contributed by atoms with E-state index in [1.807, 2.05) is 24.3 Å². The molecule has 3 rings (SSSR count). The quantitative estimate of drug-likeness (QED) is 0.522. The number of halogens is 3. The van der Waals surface area contributed by atoms with Gasteiger partial charge in [0, 0.05) is 42.6 Å². The minimum Gasteiger partial charge on any atom is -0.300 e. The molecule has 3 nitrogen and oxygen atoms in total. The number of nitrogens with zero attached hydrogens (tertiary/aromatic N) is 3. The van der Waals surface area contributed by atoms with E-state index in [1.165, 1.54) is 5.56 Å². The Morgan fingerprint density at radius 1 is 0.917 bits per heavy atom. The molecule has 0 spiro atoms. The average molecular weight is 403 g/mol. The van der Waals surface area contributed by atoms with Crippen molar-refractivity contribution in [2.45, 2.75) is 11.3 Å². The summed E-state index contributed by atoms with van der Waals surface area (Å²) in [5.74, 6) is 0. The summed E-state index contributed by atoms with van der Waals surface area (Å²) in [5.41, 5.74) is 1.33. The van der Waals surface area contributed by atoms with Crippen LogP contribution in [0.25, 0.3) is 0 Å². The van der Waals surface area contributed by atoms with E-state index in [9.17, 15) is 0 Å². The third-order valence-electron chi connectivity index (χ3n) is 3.93. The van der Waals surface area contributed by atoms with Crippen LogP contribution in [0.3, 0.4) is 0 Å². The van der Waals surface area contributed by atoms with Crippen LogP contribution in [0.15, 0.2) is 41.3 Å². The molecule has 0 unspecified atom stereocenters. The lowest BCUT2D eigenvalue weighted by atomic mass is 10.1. The van der Waals surface area contributed by atoms with Crippen LogP contribution in [0.2, 0.25) is 15.3 Å². The molecule has 0 N–H and O–H groups in total. The van der Waals surface area contributed by atoms with Crippen molar-refractivity contribution in [2.75, 3.05) is 32.7 Å². The van der Waals surface area contributed by atoms with Crippen LogP contribution in [-0.4, -0.2) is 46.9 Å². The fraction of sp³-hybridized carbons (Fsp3) is 0.353. The van der Waals surface area contributed by atoms with E-state index in [4.69, 9.17) is 34.8 Å². The molecular formula is C17H18Cl3N3S. The van der Waals surface area contributed by atoms with Crippen molar-refractivity contribution in [3.8, 4) is 0 Å². The van der Waals surface area contributed by atoms with Gasteiger partial charge in [0.25, 0.3) is 0 Å². The predicted molar refractivity (Wildman–Crippen MR) is 103 cm³/mol. The SMILES string of the molecule is Clc1ccc(CCN2CCN(Sc3cc(Cl)nc(Cl)c3)CC2)cc1. The Bertz CT molecular complexity index is 653. The molecule has 0 aliphatic carbocycles. The van der Waals surface area contributed by atoms with Crippen molar-refractivity contribution in [1.29, 1.82) is 0 Å². The lowest BCUT2D eigenvalue weighted by molar-refractivity contribution is 0.198. The number of aromatic nitrogens is 1. The second kappa shape index (κ2) is 8.75. The first-order valence-corrected chi connectivity index (χ1v) is 9.72. The third-order valence-corrected chi connectivity index (χ3v) is 5.64. The summed E-state index contributed by atoms with van der Waals surface area (Å²) in [7, 11) is 0. The van der Waals surface area contributed by atoms with Crippen LogP contribution >= 0.6 is 46.8 Å². The van der Waals surface area contributed by atoms with Crippen molar-refractivity contribution in [1.82, 2.24) is 14.2 Å². The number of hydrogen-bond acceptors (Lipinski definition) is 4. The van der Waals surface area contributed by atoms with Gasteiger partial charge in [-0.3, -0.25) is 0 Å². The van der Waals surface area contributed by atoms with E-state index in [-0.39, 0.29) is 0 Å². The Kier molecular flexibility index (Phi) is 6.67. The molecule has 1 aliphatic rings. The molecule has 0 amide bonds. The van der Waals surface area contributed by atoms with Gasteiger partial charge in [0.05, 0.1) is 0 Å². The summed E-state index contributed by atoms with van der Waals surface area (Å²) in [6.07, 6.45) is 1.06. The second-order valence-corrected chi connectivity index (χ2v) is 8.07. The van der Waals surface area contributed by atoms with Crippen LogP contribution < -0.4 is 0 Å². The Morgan fingerprint density at radius 3 is 2.17 bits per heavy atom. The Morgan fingerprint density at radius 2 is 1.54 bits per heavy atom. The maximum absolute atomic E-state index is 5.96. The van der Waals surface area contributed by atoms with Gasteiger partial charge in [0.2, 0.25) is 0 Å². The summed E-state index contributed by atoms with van der Waals surface area (Å²) in [4.78, 5) is 7.52. The van der Waals surface area contributed by atoms with Crippen molar-refractivity contribution in [3.63, 3.8) is 0 Å². The van der Waals surface area contributed by atoms with Gasteiger partial charge in [0.1, 0.15) is 10.3 Å². The number of piperazine rings is 1. The van der Waals surface area contributed by atoms with Crippen LogP contribution in [0.1, 0.15) is 5.56 Å². The van der Waals surface area contributed by atoms with Gasteiger partial charge >= 0.3 is 0 Å². The van der Waals surface area contributed by atoms with Crippen LogP contribution in [0.5, 0.6) is 0 Å². The zero-order valence-electron chi connectivity index (χ0n) is 13.1. The summed E-state index contributed by atoms with van der Waals surface area (Å²) in [6, 6.07) is 11.8. The van der Waals surface area contributed by atoms with E-state index in [0.717, 1.165) is 49.1 Å². The molecule has 0 atom stereocenters. The highest BCUT2D eigenvalue weighted by atomic mass is 35.5. The van der Waals surface area contributed by atoms with Crippen molar-refractivity contribution < 1.29 is 0 Å². The minimum absolute atomic E-state index is 0.437. The van der Waals surface area contributed by atoms with E-state index in [0.29, 0.717) is 10.3 Å². The zero-order chi connectivity index (χ0) is 16.9. The first kappa shape index (κ1) is 18.3. The molecule has 24 heavy (non-hydrogen) atoms. The Labute approximate surface area is 162 Å². The number of pyridine rings is 1. The molecule has 0 bridgehead atoms. The molecule has 1 fully saturated rings. The standard InChI is InChI=1S/C17H18Cl3N3S/c18-14-3-1-13(2-4-14)5-6-22-7-9-23(10-8-22)24-15-11-16(19)21-17(20)12-15/h1-4,11-12H,5-10H2. The molecule has 7 heteroatoms. The lowest BCUT2D eigenvalue weighted by Crippen LogP contribution is -2.44. The zero-order valence-corrected chi connectivity index (χ0v) is 16.2. The van der Waals surface area contributed by atoms with Crippen LogP contribution in [0, 0.1) is 0 Å². The monoisotopic (exact) mass is 401 g/mol. The highest BCUT2D eigenvalue weighted by Gasteiger charge is 2.18. The number of benzene rings is 1. The molecule has 1 aromatic carbocycles. The van der Waals surface area contributed by atoms with E-state index >= 15 is 0 Å². The van der Waals surface area contributed by atoms with E-state index < -0.39 is 0 Å². The molecule has 1 aromatic heterocycles. The van der Waals surface area contributed by atoms with Crippen LogP contribution in [0.4, 0.5) is 0 Å². The highest BCUT2D eigenvalue weighted by Crippen LogP contribution is 2.27. The van der Waals surface area contributed by atoms with Gasteiger partial charge in [-0.2, -0.15) is 0 Å². The largest absolute Gasteiger partial charge is 0.300 e. The molecule has 1 aliphatic heterocycles. The van der Waals surface area contributed by atoms with Gasteiger partial charge in [0.15, 0.2) is 0 Å². The lowest BCUT2D eigenvalue weighted by Gasteiger charge is -2.33. The molecule has 2 aromatic rings. The molecule has 1 saturated heterocycles. The number of rotatable bonds is 5. The van der Waals surface area contributed by atoms with Crippen molar-refractivity contribution in [2.24, 2.45) is 0 Å². The molecule has 0 radical (unpaired) electrons. The molecule has 128 valence electrons. The van der Waals surface area contributed by atoms with Gasteiger partial charge in [-0.15, -0.1) is 0 Å². The third kappa shape index (κ3) is 5.51. The van der Waals surface area contributed by atoms with Gasteiger partial charge in [-0.25, -0.2) is 9.29 Å². The fourth-order valence-corrected chi connectivity index (χ4v) is 4.32. The predicted octanol–water partition coefficient (Wildman–Crippen LogP) is 4.91. The Hall–Kier alpha value is -0.490.